The van der Waals surface area contributed by atoms with Gasteiger partial charge in [0.15, 0.2) is 0 Å². The van der Waals surface area contributed by atoms with E-state index in [1.54, 1.807) is 36.4 Å². The van der Waals surface area contributed by atoms with Crippen molar-refractivity contribution in [3.63, 3.8) is 0 Å². The van der Waals surface area contributed by atoms with Crippen molar-refractivity contribution in [1.29, 1.82) is 0 Å². The SMILES string of the molecule is C[C@H](F)C(O)(Cn1cncn1)c1ccc(Oc2ccc(Cl)cc2)cc1Cl. The van der Waals surface area contributed by atoms with E-state index in [9.17, 15) is 9.50 Å². The van der Waals surface area contributed by atoms with Gasteiger partial charge in [0.2, 0.25) is 0 Å². The minimum atomic E-state index is -1.86. The third kappa shape index (κ3) is 3.98. The van der Waals surface area contributed by atoms with E-state index in [0.717, 1.165) is 0 Å². The summed E-state index contributed by atoms with van der Waals surface area (Å²) in [5.74, 6) is 1.03. The third-order valence-corrected chi connectivity index (χ3v) is 4.55. The van der Waals surface area contributed by atoms with E-state index in [1.807, 2.05) is 0 Å². The van der Waals surface area contributed by atoms with Gasteiger partial charge in [-0.3, -0.25) is 0 Å². The van der Waals surface area contributed by atoms with Crippen LogP contribution in [0.4, 0.5) is 4.39 Å². The number of halogens is 3. The van der Waals surface area contributed by atoms with Crippen molar-refractivity contribution in [2.75, 3.05) is 0 Å². The monoisotopic (exact) mass is 395 g/mol. The van der Waals surface area contributed by atoms with Crippen LogP contribution in [0.15, 0.2) is 55.1 Å². The van der Waals surface area contributed by atoms with E-state index in [0.29, 0.717) is 16.5 Å². The summed E-state index contributed by atoms with van der Waals surface area (Å²) < 4.78 is 21.3. The van der Waals surface area contributed by atoms with Crippen LogP contribution in [0.1, 0.15) is 12.5 Å². The fraction of sp³-hybridized carbons (Fsp3) is 0.222. The Morgan fingerprint density at radius 2 is 1.88 bits per heavy atom. The lowest BCUT2D eigenvalue weighted by Gasteiger charge is -2.31. The second-order valence-electron chi connectivity index (χ2n) is 5.83. The highest BCUT2D eigenvalue weighted by atomic mass is 35.5. The normalized spacial score (nSPS) is 14.7. The number of alkyl halides is 1. The molecule has 0 aliphatic carbocycles. The zero-order valence-electron chi connectivity index (χ0n) is 13.8. The molecule has 3 rings (SSSR count). The number of nitrogens with zero attached hydrogens (tertiary/aromatic N) is 3. The summed E-state index contributed by atoms with van der Waals surface area (Å²) in [6.07, 6.45) is 1.13. The number of hydrogen-bond acceptors (Lipinski definition) is 4. The molecule has 3 aromatic rings. The second kappa shape index (κ2) is 7.61. The van der Waals surface area contributed by atoms with Gasteiger partial charge in [0.25, 0.3) is 0 Å². The number of aliphatic hydroxyl groups is 1. The van der Waals surface area contributed by atoms with Gasteiger partial charge in [-0.1, -0.05) is 29.3 Å². The first-order chi connectivity index (χ1) is 12.4. The van der Waals surface area contributed by atoms with Crippen LogP contribution < -0.4 is 4.74 Å². The Bertz CT molecular complexity index is 873. The first-order valence-electron chi connectivity index (χ1n) is 7.81. The van der Waals surface area contributed by atoms with Crippen LogP contribution in [0.2, 0.25) is 10.0 Å². The van der Waals surface area contributed by atoms with Gasteiger partial charge in [0, 0.05) is 10.6 Å². The smallest absolute Gasteiger partial charge is 0.141 e. The van der Waals surface area contributed by atoms with Gasteiger partial charge in [0.1, 0.15) is 35.9 Å². The van der Waals surface area contributed by atoms with E-state index in [-0.39, 0.29) is 17.1 Å². The first kappa shape index (κ1) is 18.6. The molecular formula is C18H16Cl2FN3O2. The number of rotatable bonds is 6. The van der Waals surface area contributed by atoms with Gasteiger partial charge < -0.3 is 9.84 Å². The Labute approximate surface area is 160 Å². The largest absolute Gasteiger partial charge is 0.457 e. The second-order valence-corrected chi connectivity index (χ2v) is 6.67. The molecule has 26 heavy (non-hydrogen) atoms. The summed E-state index contributed by atoms with van der Waals surface area (Å²) >= 11 is 12.2. The molecule has 1 N–H and O–H groups in total. The lowest BCUT2D eigenvalue weighted by molar-refractivity contribution is -0.0498. The quantitative estimate of drug-likeness (QED) is 0.661. The van der Waals surface area contributed by atoms with Crippen molar-refractivity contribution in [2.24, 2.45) is 0 Å². The molecule has 2 aromatic carbocycles. The van der Waals surface area contributed by atoms with Crippen molar-refractivity contribution in [2.45, 2.75) is 25.2 Å². The Morgan fingerprint density at radius 1 is 1.19 bits per heavy atom. The molecule has 8 heteroatoms. The molecule has 5 nitrogen and oxygen atoms in total. The summed E-state index contributed by atoms with van der Waals surface area (Å²) in [5.41, 5.74) is -1.61. The summed E-state index contributed by atoms with van der Waals surface area (Å²) in [4.78, 5) is 3.80. The standard InChI is InChI=1S/C18H16Cl2FN3O2/c1-12(21)18(25,9-24-11-22-10-23-24)16-7-6-15(8-17(16)20)26-14-4-2-13(19)3-5-14/h2-8,10-12,25H,9H2,1H3/t12-,18?/m0/s1. The maximum absolute atomic E-state index is 14.3. The molecule has 1 unspecified atom stereocenters. The summed E-state index contributed by atoms with van der Waals surface area (Å²) in [5, 5.41) is 15.6. The molecule has 0 aliphatic rings. The van der Waals surface area contributed by atoms with Crippen molar-refractivity contribution in [3.8, 4) is 11.5 Å². The van der Waals surface area contributed by atoms with Crippen LogP contribution >= 0.6 is 23.2 Å². The van der Waals surface area contributed by atoms with E-state index in [4.69, 9.17) is 27.9 Å². The van der Waals surface area contributed by atoms with Crippen LogP contribution in [0.3, 0.4) is 0 Å². The fourth-order valence-corrected chi connectivity index (χ4v) is 3.00. The number of ether oxygens (including phenoxy) is 1. The van der Waals surface area contributed by atoms with Gasteiger partial charge in [-0.15, -0.1) is 0 Å². The van der Waals surface area contributed by atoms with Gasteiger partial charge in [-0.05, 0) is 43.3 Å². The van der Waals surface area contributed by atoms with E-state index < -0.39 is 11.8 Å². The molecule has 2 atom stereocenters. The van der Waals surface area contributed by atoms with Crippen molar-refractivity contribution in [1.82, 2.24) is 14.8 Å². The van der Waals surface area contributed by atoms with Gasteiger partial charge >= 0.3 is 0 Å². The third-order valence-electron chi connectivity index (χ3n) is 3.98. The lowest BCUT2D eigenvalue weighted by Crippen LogP contribution is -2.40. The van der Waals surface area contributed by atoms with Crippen LogP contribution in [0.25, 0.3) is 0 Å². The molecular weight excluding hydrogens is 380 g/mol. The molecule has 136 valence electrons. The molecule has 0 saturated heterocycles. The molecule has 0 amide bonds. The molecule has 1 aromatic heterocycles. The van der Waals surface area contributed by atoms with Gasteiger partial charge in [-0.25, -0.2) is 14.1 Å². The summed E-state index contributed by atoms with van der Waals surface area (Å²) in [7, 11) is 0. The highest BCUT2D eigenvalue weighted by molar-refractivity contribution is 6.31. The van der Waals surface area contributed by atoms with Crippen LogP contribution in [-0.2, 0) is 12.1 Å². The van der Waals surface area contributed by atoms with Crippen molar-refractivity contribution in [3.05, 3.63) is 70.7 Å². The van der Waals surface area contributed by atoms with Crippen LogP contribution in [-0.4, -0.2) is 26.0 Å². The minimum Gasteiger partial charge on any atom is -0.457 e. The summed E-state index contributed by atoms with van der Waals surface area (Å²) in [6.45, 7) is 1.15. The zero-order valence-corrected chi connectivity index (χ0v) is 15.3. The summed E-state index contributed by atoms with van der Waals surface area (Å²) in [6, 6.07) is 11.5. The van der Waals surface area contributed by atoms with E-state index in [2.05, 4.69) is 10.1 Å². The average molecular weight is 396 g/mol. The number of benzene rings is 2. The molecule has 0 aliphatic heterocycles. The Balaban J connectivity index is 1.88. The highest BCUT2D eigenvalue weighted by Gasteiger charge is 2.39. The number of hydrogen-bond donors (Lipinski definition) is 1. The average Bonchev–Trinajstić information content (AvgIpc) is 3.09. The maximum Gasteiger partial charge on any atom is 0.141 e. The molecule has 0 radical (unpaired) electrons. The Kier molecular flexibility index (Phi) is 5.46. The minimum absolute atomic E-state index is 0.123. The predicted molar refractivity (Wildman–Crippen MR) is 97.5 cm³/mol. The van der Waals surface area contributed by atoms with Gasteiger partial charge in [-0.2, -0.15) is 5.10 Å². The van der Waals surface area contributed by atoms with Crippen LogP contribution in [0.5, 0.6) is 11.5 Å². The van der Waals surface area contributed by atoms with E-state index >= 15 is 0 Å². The van der Waals surface area contributed by atoms with E-state index in [1.165, 1.54) is 30.3 Å². The van der Waals surface area contributed by atoms with Gasteiger partial charge in [0.05, 0.1) is 11.6 Å². The van der Waals surface area contributed by atoms with Crippen LogP contribution in [0, 0.1) is 0 Å². The maximum atomic E-state index is 14.3. The zero-order chi connectivity index (χ0) is 18.7. The molecule has 1 heterocycles. The lowest BCUT2D eigenvalue weighted by atomic mass is 9.89. The molecule has 0 spiro atoms. The number of aromatic nitrogens is 3. The highest BCUT2D eigenvalue weighted by Crippen LogP contribution is 2.37. The van der Waals surface area contributed by atoms with Crippen molar-refractivity contribution < 1.29 is 14.2 Å². The predicted octanol–water partition coefficient (Wildman–Crippen LogP) is 4.62. The molecule has 0 saturated carbocycles. The Morgan fingerprint density at radius 3 is 2.46 bits per heavy atom. The topological polar surface area (TPSA) is 60.2 Å². The Hall–Kier alpha value is -2.15. The first-order valence-corrected chi connectivity index (χ1v) is 8.56. The molecule has 0 fully saturated rings. The molecule has 0 bridgehead atoms. The van der Waals surface area contributed by atoms with Crippen molar-refractivity contribution >= 4 is 23.2 Å². The fourth-order valence-electron chi connectivity index (χ4n) is 2.54.